The van der Waals surface area contributed by atoms with Crippen molar-refractivity contribution in [3.05, 3.63) is 40.4 Å². The maximum absolute atomic E-state index is 12.8. The lowest BCUT2D eigenvalue weighted by Crippen LogP contribution is -2.56. The van der Waals surface area contributed by atoms with Crippen molar-refractivity contribution in [2.75, 3.05) is 39.3 Å². The zero-order valence-corrected chi connectivity index (χ0v) is 19.1. The van der Waals surface area contributed by atoms with E-state index < -0.39 is 0 Å². The topological polar surface area (TPSA) is 78.8 Å². The maximum atomic E-state index is 12.8. The number of para-hydroxylation sites is 1. The van der Waals surface area contributed by atoms with Gasteiger partial charge in [-0.15, -0.1) is 0 Å². The van der Waals surface area contributed by atoms with Crippen molar-refractivity contribution in [3.8, 4) is 0 Å². The summed E-state index contributed by atoms with van der Waals surface area (Å²) in [7, 11) is 0. The number of likely N-dealkylation sites (tertiary alicyclic amines) is 1. The van der Waals surface area contributed by atoms with Crippen LogP contribution in [0.5, 0.6) is 0 Å². The molecule has 4 rings (SSSR count). The van der Waals surface area contributed by atoms with Crippen molar-refractivity contribution in [1.82, 2.24) is 24.3 Å². The summed E-state index contributed by atoms with van der Waals surface area (Å²) in [5.74, 6) is 0.249. The number of hydrogen-bond donors (Lipinski definition) is 0. The van der Waals surface area contributed by atoms with Crippen LogP contribution in [0.4, 0.5) is 0 Å². The average molecular weight is 440 g/mol. The number of nitrogens with zero attached hydrogens (tertiary/aromatic N) is 5. The molecule has 0 radical (unpaired) electrons. The SMILES string of the molecule is Cc1cccc2c(=O)n(CCC(=O)N3CCN(C(C)C(=O)N4CCCCC4)CC3)cnc12. The van der Waals surface area contributed by atoms with Crippen molar-refractivity contribution < 1.29 is 9.59 Å². The van der Waals surface area contributed by atoms with E-state index in [1.807, 2.05) is 35.8 Å². The molecule has 1 atom stereocenters. The van der Waals surface area contributed by atoms with E-state index >= 15 is 0 Å². The number of carbonyl (C=O) groups excluding carboxylic acids is 2. The summed E-state index contributed by atoms with van der Waals surface area (Å²) in [6.45, 7) is 8.58. The van der Waals surface area contributed by atoms with Crippen molar-refractivity contribution in [1.29, 1.82) is 0 Å². The Hall–Kier alpha value is -2.74. The molecular weight excluding hydrogens is 406 g/mol. The number of aromatic nitrogens is 2. The van der Waals surface area contributed by atoms with Gasteiger partial charge in [0.25, 0.3) is 5.56 Å². The number of fused-ring (bicyclic) bond motifs is 1. The van der Waals surface area contributed by atoms with Gasteiger partial charge in [0.1, 0.15) is 0 Å². The minimum Gasteiger partial charge on any atom is -0.341 e. The first-order valence-corrected chi connectivity index (χ1v) is 11.7. The first kappa shape index (κ1) is 22.5. The van der Waals surface area contributed by atoms with E-state index in [0.29, 0.717) is 43.6 Å². The van der Waals surface area contributed by atoms with Crippen LogP contribution < -0.4 is 5.56 Å². The van der Waals surface area contributed by atoms with Gasteiger partial charge in [0.15, 0.2) is 0 Å². The van der Waals surface area contributed by atoms with Crippen LogP contribution in [0.25, 0.3) is 10.9 Å². The van der Waals surface area contributed by atoms with Gasteiger partial charge in [-0.1, -0.05) is 12.1 Å². The average Bonchev–Trinajstić information content (AvgIpc) is 2.83. The van der Waals surface area contributed by atoms with E-state index in [2.05, 4.69) is 9.88 Å². The lowest BCUT2D eigenvalue weighted by atomic mass is 10.1. The zero-order valence-electron chi connectivity index (χ0n) is 19.1. The summed E-state index contributed by atoms with van der Waals surface area (Å²) < 4.78 is 1.52. The van der Waals surface area contributed by atoms with Gasteiger partial charge in [0.2, 0.25) is 11.8 Å². The number of rotatable bonds is 5. The zero-order chi connectivity index (χ0) is 22.7. The molecule has 2 aromatic rings. The smallest absolute Gasteiger partial charge is 0.261 e. The minimum absolute atomic E-state index is 0.0379. The number of benzene rings is 1. The highest BCUT2D eigenvalue weighted by Crippen LogP contribution is 2.15. The summed E-state index contributed by atoms with van der Waals surface area (Å²) in [5, 5.41) is 0.584. The van der Waals surface area contributed by atoms with Crippen LogP contribution in [0.1, 0.15) is 38.2 Å². The Morgan fingerprint density at radius 3 is 2.44 bits per heavy atom. The standard InChI is InChI=1S/C24H33N5O3/c1-18-7-6-8-20-22(18)25-17-29(24(20)32)12-9-21(30)27-15-13-26(14-16-27)19(2)23(31)28-10-4-3-5-11-28/h6-8,17,19H,3-5,9-16H2,1-2H3. The van der Waals surface area contributed by atoms with Crippen LogP contribution in [0.3, 0.4) is 0 Å². The van der Waals surface area contributed by atoms with Gasteiger partial charge in [0, 0.05) is 52.2 Å². The molecule has 1 aromatic heterocycles. The Labute approximate surface area is 188 Å². The van der Waals surface area contributed by atoms with Crippen LogP contribution >= 0.6 is 0 Å². The Balaban J connectivity index is 1.29. The Bertz CT molecular complexity index is 1040. The fourth-order valence-electron chi connectivity index (χ4n) is 4.76. The number of piperazine rings is 1. The molecule has 2 saturated heterocycles. The second-order valence-corrected chi connectivity index (χ2v) is 8.94. The monoisotopic (exact) mass is 439 g/mol. The third kappa shape index (κ3) is 4.70. The fraction of sp³-hybridized carbons (Fsp3) is 0.583. The summed E-state index contributed by atoms with van der Waals surface area (Å²) in [4.78, 5) is 48.7. The summed E-state index contributed by atoms with van der Waals surface area (Å²) in [6, 6.07) is 5.42. The molecule has 0 spiro atoms. The molecule has 3 heterocycles. The Kier molecular flexibility index (Phi) is 6.89. The van der Waals surface area contributed by atoms with Gasteiger partial charge in [-0.3, -0.25) is 23.9 Å². The van der Waals surface area contributed by atoms with Gasteiger partial charge < -0.3 is 9.80 Å². The molecule has 0 bridgehead atoms. The molecule has 32 heavy (non-hydrogen) atoms. The highest BCUT2D eigenvalue weighted by molar-refractivity contribution is 5.82. The number of aryl methyl sites for hydroxylation is 2. The molecule has 0 N–H and O–H groups in total. The van der Waals surface area contributed by atoms with E-state index in [1.165, 1.54) is 17.3 Å². The summed E-state index contributed by atoms with van der Waals surface area (Å²) in [6.07, 6.45) is 5.20. The van der Waals surface area contributed by atoms with E-state index in [4.69, 9.17) is 0 Å². The van der Waals surface area contributed by atoms with E-state index in [0.717, 1.165) is 31.5 Å². The molecule has 8 nitrogen and oxygen atoms in total. The molecule has 172 valence electrons. The lowest BCUT2D eigenvalue weighted by molar-refractivity contribution is -0.139. The number of hydrogen-bond acceptors (Lipinski definition) is 5. The molecule has 0 aliphatic carbocycles. The van der Waals surface area contributed by atoms with Crippen LogP contribution in [-0.2, 0) is 16.1 Å². The molecule has 1 unspecified atom stereocenters. The molecule has 0 saturated carbocycles. The van der Waals surface area contributed by atoms with Gasteiger partial charge in [-0.2, -0.15) is 0 Å². The first-order valence-electron chi connectivity index (χ1n) is 11.7. The van der Waals surface area contributed by atoms with Crippen LogP contribution in [0, 0.1) is 6.92 Å². The first-order chi connectivity index (χ1) is 15.5. The number of piperidine rings is 1. The van der Waals surface area contributed by atoms with Gasteiger partial charge in [-0.25, -0.2) is 4.98 Å². The highest BCUT2D eigenvalue weighted by atomic mass is 16.2. The second kappa shape index (κ2) is 9.81. The fourth-order valence-corrected chi connectivity index (χ4v) is 4.76. The molecule has 8 heteroatoms. The Morgan fingerprint density at radius 2 is 1.72 bits per heavy atom. The van der Waals surface area contributed by atoms with Crippen LogP contribution in [0.2, 0.25) is 0 Å². The van der Waals surface area contributed by atoms with Crippen LogP contribution in [-0.4, -0.2) is 81.4 Å². The molecule has 2 aliphatic heterocycles. The van der Waals surface area contributed by atoms with E-state index in [-0.39, 0.29) is 29.8 Å². The molecule has 2 amide bonds. The van der Waals surface area contributed by atoms with Crippen molar-refractivity contribution in [2.45, 2.75) is 52.1 Å². The van der Waals surface area contributed by atoms with Crippen molar-refractivity contribution in [2.24, 2.45) is 0 Å². The lowest BCUT2D eigenvalue weighted by Gasteiger charge is -2.39. The normalized spacial score (nSPS) is 18.7. The van der Waals surface area contributed by atoms with Crippen molar-refractivity contribution in [3.63, 3.8) is 0 Å². The third-order valence-electron chi connectivity index (χ3n) is 6.86. The molecule has 1 aromatic carbocycles. The van der Waals surface area contributed by atoms with Crippen LogP contribution in [0.15, 0.2) is 29.3 Å². The molecular formula is C24H33N5O3. The highest BCUT2D eigenvalue weighted by Gasteiger charge is 2.30. The predicted molar refractivity (Wildman–Crippen MR) is 123 cm³/mol. The van der Waals surface area contributed by atoms with E-state index in [1.54, 1.807) is 6.07 Å². The quantitative estimate of drug-likeness (QED) is 0.708. The maximum Gasteiger partial charge on any atom is 0.261 e. The number of amides is 2. The summed E-state index contributed by atoms with van der Waals surface area (Å²) >= 11 is 0. The van der Waals surface area contributed by atoms with Gasteiger partial charge >= 0.3 is 0 Å². The summed E-state index contributed by atoms with van der Waals surface area (Å²) in [5.41, 5.74) is 1.57. The largest absolute Gasteiger partial charge is 0.341 e. The van der Waals surface area contributed by atoms with Crippen molar-refractivity contribution >= 4 is 22.7 Å². The second-order valence-electron chi connectivity index (χ2n) is 8.94. The van der Waals surface area contributed by atoms with Gasteiger partial charge in [0.05, 0.1) is 23.3 Å². The molecule has 2 aliphatic rings. The number of carbonyl (C=O) groups is 2. The Morgan fingerprint density at radius 1 is 1.00 bits per heavy atom. The van der Waals surface area contributed by atoms with E-state index in [9.17, 15) is 14.4 Å². The van der Waals surface area contributed by atoms with Gasteiger partial charge in [-0.05, 0) is 44.7 Å². The predicted octanol–water partition coefficient (Wildman–Crippen LogP) is 1.64. The molecule has 2 fully saturated rings. The third-order valence-corrected chi connectivity index (χ3v) is 6.86. The minimum atomic E-state index is -0.143.